The van der Waals surface area contributed by atoms with Crippen molar-refractivity contribution in [1.82, 2.24) is 0 Å². The zero-order valence-corrected chi connectivity index (χ0v) is 11.9. The monoisotopic (exact) mass is 342 g/mol. The number of methoxy groups -OCH3 is 1. The molecule has 0 bridgehead atoms. The van der Waals surface area contributed by atoms with E-state index >= 15 is 0 Å². The first-order valence-electron chi connectivity index (χ1n) is 6.06. The molecule has 0 heterocycles. The molecule has 0 aliphatic heterocycles. The van der Waals surface area contributed by atoms with Gasteiger partial charge >= 0.3 is 24.2 Å². The van der Waals surface area contributed by atoms with Crippen molar-refractivity contribution in [3.05, 3.63) is 29.3 Å². The van der Waals surface area contributed by atoms with E-state index in [4.69, 9.17) is 0 Å². The number of carbonyl (C=O) groups is 2. The van der Waals surface area contributed by atoms with Gasteiger partial charge in [-0.3, -0.25) is 0 Å². The number of carbonyl (C=O) groups excluding carboxylic acids is 2. The minimum atomic E-state index is -5.24. The summed E-state index contributed by atoms with van der Waals surface area (Å²) < 4.78 is 76.6. The zero-order chi connectivity index (χ0) is 17.8. The summed E-state index contributed by atoms with van der Waals surface area (Å²) in [6.07, 6.45) is -5.24. The summed E-state index contributed by atoms with van der Waals surface area (Å²) in [5, 5.41) is 0. The lowest BCUT2D eigenvalue weighted by atomic mass is 10.0. The fraction of sp³-hybridized carbons (Fsp3) is 0.385. The third kappa shape index (κ3) is 4.54. The molecular weight excluding hydrogens is 331 g/mol. The van der Waals surface area contributed by atoms with Crippen molar-refractivity contribution in [3.63, 3.8) is 0 Å². The van der Waals surface area contributed by atoms with Gasteiger partial charge in [-0.1, -0.05) is 6.07 Å². The Labute approximate surface area is 126 Å². The molecule has 0 aliphatic rings. The van der Waals surface area contributed by atoms with Crippen LogP contribution >= 0.6 is 0 Å². The van der Waals surface area contributed by atoms with E-state index in [1.165, 1.54) is 6.92 Å². The Balaban J connectivity index is 3.35. The van der Waals surface area contributed by atoms with Crippen molar-refractivity contribution in [3.8, 4) is 5.75 Å². The maximum atomic E-state index is 13.8. The van der Waals surface area contributed by atoms with Crippen LogP contribution in [0, 0.1) is 0 Å². The van der Waals surface area contributed by atoms with E-state index in [0.29, 0.717) is 12.1 Å². The Morgan fingerprint density at radius 2 is 1.74 bits per heavy atom. The molecule has 1 aromatic rings. The number of benzene rings is 1. The van der Waals surface area contributed by atoms with Gasteiger partial charge in [-0.15, -0.1) is 13.2 Å². The highest BCUT2D eigenvalue weighted by Crippen LogP contribution is 2.35. The molecule has 1 aromatic carbocycles. The molecule has 5 nitrogen and oxygen atoms in total. The predicted octanol–water partition coefficient (Wildman–Crippen LogP) is 3.03. The minimum Gasteiger partial charge on any atom is -0.465 e. The van der Waals surface area contributed by atoms with Crippen molar-refractivity contribution < 1.29 is 45.8 Å². The second kappa shape index (κ2) is 6.80. The first-order chi connectivity index (χ1) is 10.5. The molecule has 1 rings (SSSR count). The largest absolute Gasteiger partial charge is 0.573 e. The quantitative estimate of drug-likeness (QED) is 0.608. The van der Waals surface area contributed by atoms with Crippen molar-refractivity contribution >= 4 is 11.9 Å². The fourth-order valence-corrected chi connectivity index (χ4v) is 1.54. The summed E-state index contributed by atoms with van der Waals surface area (Å²) in [5.41, 5.74) is -1.85. The van der Waals surface area contributed by atoms with Crippen LogP contribution in [0.5, 0.6) is 5.75 Å². The van der Waals surface area contributed by atoms with E-state index in [1.54, 1.807) is 0 Å². The summed E-state index contributed by atoms with van der Waals surface area (Å²) >= 11 is 0. The predicted molar refractivity (Wildman–Crippen MR) is 65.0 cm³/mol. The first kappa shape index (κ1) is 18.7. The van der Waals surface area contributed by atoms with E-state index in [2.05, 4.69) is 14.2 Å². The Hall–Kier alpha value is -2.39. The van der Waals surface area contributed by atoms with Crippen LogP contribution < -0.4 is 4.74 Å². The van der Waals surface area contributed by atoms with Gasteiger partial charge in [0.2, 0.25) is 0 Å². The van der Waals surface area contributed by atoms with Gasteiger partial charge in [-0.05, 0) is 19.1 Å². The second-order valence-electron chi connectivity index (χ2n) is 4.05. The molecule has 128 valence electrons. The molecule has 0 N–H and O–H groups in total. The van der Waals surface area contributed by atoms with E-state index < -0.39 is 41.1 Å². The summed E-state index contributed by atoms with van der Waals surface area (Å²) in [4.78, 5) is 22.6. The number of ether oxygens (including phenoxy) is 3. The van der Waals surface area contributed by atoms with Crippen LogP contribution in [0.4, 0.5) is 22.0 Å². The molecule has 23 heavy (non-hydrogen) atoms. The molecule has 0 unspecified atom stereocenters. The lowest BCUT2D eigenvalue weighted by molar-refractivity contribution is -0.274. The van der Waals surface area contributed by atoms with Gasteiger partial charge in [0.05, 0.1) is 13.7 Å². The number of hydrogen-bond donors (Lipinski definition) is 0. The topological polar surface area (TPSA) is 61.8 Å². The molecule has 0 saturated heterocycles. The van der Waals surface area contributed by atoms with Gasteiger partial charge in [-0.25, -0.2) is 9.59 Å². The lowest BCUT2D eigenvalue weighted by Crippen LogP contribution is -2.29. The molecular formula is C13H11F5O5. The molecule has 0 amide bonds. The number of hydrogen-bond acceptors (Lipinski definition) is 5. The number of esters is 2. The Morgan fingerprint density at radius 3 is 2.22 bits per heavy atom. The highest BCUT2D eigenvalue weighted by Gasteiger charge is 2.44. The van der Waals surface area contributed by atoms with Crippen LogP contribution in [-0.2, 0) is 20.2 Å². The van der Waals surface area contributed by atoms with E-state index in [0.717, 1.165) is 7.11 Å². The fourth-order valence-electron chi connectivity index (χ4n) is 1.54. The number of alkyl halides is 5. The van der Waals surface area contributed by atoms with Crippen LogP contribution in [-0.4, -0.2) is 32.0 Å². The molecule has 0 atom stereocenters. The summed E-state index contributed by atoms with van der Waals surface area (Å²) in [6, 6.07) is 1.47. The number of halogens is 5. The first-order valence-corrected chi connectivity index (χ1v) is 6.06. The molecule has 0 spiro atoms. The van der Waals surface area contributed by atoms with Crippen LogP contribution in [0.15, 0.2) is 18.2 Å². The van der Waals surface area contributed by atoms with Crippen molar-refractivity contribution in [2.75, 3.05) is 13.7 Å². The van der Waals surface area contributed by atoms with E-state index in [9.17, 15) is 31.5 Å². The van der Waals surface area contributed by atoms with Crippen LogP contribution in [0.25, 0.3) is 0 Å². The highest BCUT2D eigenvalue weighted by molar-refractivity contribution is 5.93. The third-order valence-corrected chi connectivity index (χ3v) is 2.51. The number of rotatable bonds is 5. The molecule has 0 aromatic heterocycles. The van der Waals surface area contributed by atoms with Crippen molar-refractivity contribution in [1.29, 1.82) is 0 Å². The average Bonchev–Trinajstić information content (AvgIpc) is 2.44. The zero-order valence-electron chi connectivity index (χ0n) is 11.9. The second-order valence-corrected chi connectivity index (χ2v) is 4.05. The summed E-state index contributed by atoms with van der Waals surface area (Å²) in [5.74, 6) is -8.60. The normalized spacial score (nSPS) is 11.8. The lowest BCUT2D eigenvalue weighted by Gasteiger charge is -2.18. The van der Waals surface area contributed by atoms with Gasteiger partial charge in [0.25, 0.3) is 0 Å². The molecule has 10 heteroatoms. The Kier molecular flexibility index (Phi) is 5.51. The van der Waals surface area contributed by atoms with E-state index in [1.807, 2.05) is 0 Å². The summed E-state index contributed by atoms with van der Waals surface area (Å²) in [6.45, 7) is 0.938. The van der Waals surface area contributed by atoms with Crippen LogP contribution in [0.2, 0.25) is 0 Å². The molecule has 0 saturated carbocycles. The van der Waals surface area contributed by atoms with Crippen LogP contribution in [0.3, 0.4) is 0 Å². The maximum Gasteiger partial charge on any atom is 0.573 e. The van der Waals surface area contributed by atoms with Gasteiger partial charge in [0, 0.05) is 5.56 Å². The Morgan fingerprint density at radius 1 is 1.13 bits per heavy atom. The average molecular weight is 342 g/mol. The smallest absolute Gasteiger partial charge is 0.465 e. The van der Waals surface area contributed by atoms with E-state index in [-0.39, 0.29) is 12.7 Å². The van der Waals surface area contributed by atoms with Crippen molar-refractivity contribution in [2.24, 2.45) is 0 Å². The summed E-state index contributed by atoms with van der Waals surface area (Å²) in [7, 11) is 0.890. The standard InChI is InChI=1S/C13H11F5O5/c1-3-22-11(20)12(14,15)7-4-5-8(10(19)21-2)9(6-7)23-13(16,17)18/h4-6H,3H2,1-2H3. The molecule has 0 radical (unpaired) electrons. The maximum absolute atomic E-state index is 13.8. The SMILES string of the molecule is CCOC(=O)C(F)(F)c1ccc(C(=O)OC)c(OC(F)(F)F)c1. The van der Waals surface area contributed by atoms with Crippen LogP contribution in [0.1, 0.15) is 22.8 Å². The van der Waals surface area contributed by atoms with Gasteiger partial charge in [0.15, 0.2) is 0 Å². The molecule has 0 aliphatic carbocycles. The highest BCUT2D eigenvalue weighted by atomic mass is 19.4. The third-order valence-electron chi connectivity index (χ3n) is 2.51. The Bertz CT molecular complexity index is 597. The van der Waals surface area contributed by atoms with Gasteiger partial charge in [0.1, 0.15) is 11.3 Å². The van der Waals surface area contributed by atoms with Gasteiger partial charge in [-0.2, -0.15) is 8.78 Å². The van der Waals surface area contributed by atoms with Crippen molar-refractivity contribution in [2.45, 2.75) is 19.2 Å². The molecule has 0 fully saturated rings. The minimum absolute atomic E-state index is 0.233. The van der Waals surface area contributed by atoms with Gasteiger partial charge < -0.3 is 14.2 Å².